The minimum absolute atomic E-state index is 0.0477. The molecule has 1 aromatic carbocycles. The molecule has 0 bridgehead atoms. The number of hydrogen-bond acceptors (Lipinski definition) is 3. The summed E-state index contributed by atoms with van der Waals surface area (Å²) in [6, 6.07) is 4.67. The molecule has 128 valence electrons. The fourth-order valence-electron chi connectivity index (χ4n) is 1.90. The van der Waals surface area contributed by atoms with Gasteiger partial charge in [0.05, 0.1) is 22.3 Å². The number of aromatic nitrogens is 2. The van der Waals surface area contributed by atoms with Crippen LogP contribution in [0.2, 0.25) is 5.02 Å². The first-order valence-corrected chi connectivity index (χ1v) is 7.25. The molecule has 0 saturated heterocycles. The van der Waals surface area contributed by atoms with Gasteiger partial charge in [0.2, 0.25) is 0 Å². The van der Waals surface area contributed by atoms with Gasteiger partial charge in [-0.3, -0.25) is 9.59 Å². The molecule has 1 N–H and O–H groups in total. The maximum absolute atomic E-state index is 12.7. The molecule has 0 unspecified atom stereocenters. The standard InChI is InChI=1S/C15H13ClF3N3O2/c1-8(2)22-13(23)6-5-11(21-22)14(24)20-12-7-9(15(17,18)19)3-4-10(12)16/h3-8H,1-2H3,(H,20,24). The molecule has 0 spiro atoms. The predicted octanol–water partition coefficient (Wildman–Crippen LogP) is 3.75. The van der Waals surface area contributed by atoms with Gasteiger partial charge in [0.15, 0.2) is 0 Å². The van der Waals surface area contributed by atoms with Crippen LogP contribution in [-0.4, -0.2) is 15.7 Å². The van der Waals surface area contributed by atoms with Crippen molar-refractivity contribution in [2.75, 3.05) is 5.32 Å². The van der Waals surface area contributed by atoms with Crippen molar-refractivity contribution in [1.82, 2.24) is 9.78 Å². The molecule has 24 heavy (non-hydrogen) atoms. The maximum Gasteiger partial charge on any atom is 0.416 e. The lowest BCUT2D eigenvalue weighted by Crippen LogP contribution is -2.27. The van der Waals surface area contributed by atoms with Crippen molar-refractivity contribution < 1.29 is 18.0 Å². The van der Waals surface area contributed by atoms with E-state index in [1.807, 2.05) is 0 Å². The third-order valence-corrected chi connectivity index (χ3v) is 3.42. The molecule has 5 nitrogen and oxygen atoms in total. The molecule has 0 atom stereocenters. The van der Waals surface area contributed by atoms with Crippen LogP contribution in [0.15, 0.2) is 35.1 Å². The van der Waals surface area contributed by atoms with E-state index < -0.39 is 23.2 Å². The summed E-state index contributed by atoms with van der Waals surface area (Å²) in [6.45, 7) is 3.42. The SMILES string of the molecule is CC(C)n1nc(C(=O)Nc2cc(C(F)(F)F)ccc2Cl)ccc1=O. The van der Waals surface area contributed by atoms with Crippen molar-refractivity contribution in [1.29, 1.82) is 0 Å². The Morgan fingerprint density at radius 1 is 1.25 bits per heavy atom. The van der Waals surface area contributed by atoms with Gasteiger partial charge in [0.25, 0.3) is 11.5 Å². The molecule has 0 aliphatic heterocycles. The average molecular weight is 360 g/mol. The van der Waals surface area contributed by atoms with Gasteiger partial charge in [0.1, 0.15) is 5.69 Å². The molecule has 1 amide bonds. The Morgan fingerprint density at radius 3 is 2.50 bits per heavy atom. The van der Waals surface area contributed by atoms with Gasteiger partial charge in [-0.25, -0.2) is 4.68 Å². The van der Waals surface area contributed by atoms with Crippen LogP contribution in [0.25, 0.3) is 0 Å². The maximum atomic E-state index is 12.7. The van der Waals surface area contributed by atoms with E-state index in [-0.39, 0.29) is 22.4 Å². The molecule has 0 fully saturated rings. The van der Waals surface area contributed by atoms with Crippen molar-refractivity contribution in [3.63, 3.8) is 0 Å². The summed E-state index contributed by atoms with van der Waals surface area (Å²) in [5.74, 6) is -0.773. The third kappa shape index (κ3) is 3.94. The number of halogens is 4. The van der Waals surface area contributed by atoms with Crippen LogP contribution >= 0.6 is 11.6 Å². The molecule has 0 saturated carbocycles. The number of amides is 1. The van der Waals surface area contributed by atoms with Crippen LogP contribution in [0.3, 0.4) is 0 Å². The van der Waals surface area contributed by atoms with Gasteiger partial charge in [-0.15, -0.1) is 0 Å². The van der Waals surface area contributed by atoms with Gasteiger partial charge in [-0.05, 0) is 38.1 Å². The number of hydrogen-bond donors (Lipinski definition) is 1. The molecule has 0 radical (unpaired) electrons. The van der Waals surface area contributed by atoms with E-state index in [0.29, 0.717) is 0 Å². The van der Waals surface area contributed by atoms with Crippen molar-refractivity contribution in [3.8, 4) is 0 Å². The Morgan fingerprint density at radius 2 is 1.92 bits per heavy atom. The van der Waals surface area contributed by atoms with E-state index in [1.54, 1.807) is 13.8 Å². The van der Waals surface area contributed by atoms with Crippen LogP contribution < -0.4 is 10.9 Å². The van der Waals surface area contributed by atoms with Crippen molar-refractivity contribution in [2.45, 2.75) is 26.1 Å². The number of rotatable bonds is 3. The van der Waals surface area contributed by atoms with E-state index in [0.717, 1.165) is 28.9 Å². The van der Waals surface area contributed by atoms with Gasteiger partial charge in [-0.1, -0.05) is 11.6 Å². The zero-order valence-corrected chi connectivity index (χ0v) is 13.4. The third-order valence-electron chi connectivity index (χ3n) is 3.09. The highest BCUT2D eigenvalue weighted by Crippen LogP contribution is 2.33. The first-order chi connectivity index (χ1) is 11.1. The molecule has 1 heterocycles. The lowest BCUT2D eigenvalue weighted by molar-refractivity contribution is -0.137. The molecule has 2 aromatic rings. The van der Waals surface area contributed by atoms with Gasteiger partial charge < -0.3 is 5.32 Å². The molecule has 9 heteroatoms. The highest BCUT2D eigenvalue weighted by Gasteiger charge is 2.31. The first-order valence-electron chi connectivity index (χ1n) is 6.87. The lowest BCUT2D eigenvalue weighted by atomic mass is 10.2. The number of carbonyl (C=O) groups is 1. The number of nitrogens with zero attached hydrogens (tertiary/aromatic N) is 2. The quantitative estimate of drug-likeness (QED) is 0.907. The Labute approximate surface area is 140 Å². The van der Waals surface area contributed by atoms with E-state index in [9.17, 15) is 22.8 Å². The second-order valence-corrected chi connectivity index (χ2v) is 5.65. The van der Waals surface area contributed by atoms with E-state index in [2.05, 4.69) is 10.4 Å². The summed E-state index contributed by atoms with van der Waals surface area (Å²) in [4.78, 5) is 23.8. The number of anilines is 1. The van der Waals surface area contributed by atoms with Gasteiger partial charge in [-0.2, -0.15) is 18.3 Å². The number of alkyl halides is 3. The number of benzene rings is 1. The number of nitrogens with one attached hydrogen (secondary N) is 1. The van der Waals surface area contributed by atoms with Crippen LogP contribution in [0.5, 0.6) is 0 Å². The lowest BCUT2D eigenvalue weighted by Gasteiger charge is -2.12. The summed E-state index contributed by atoms with van der Waals surface area (Å²) < 4.78 is 39.3. The minimum Gasteiger partial charge on any atom is -0.319 e. The van der Waals surface area contributed by atoms with E-state index in [1.165, 1.54) is 6.07 Å². The van der Waals surface area contributed by atoms with Gasteiger partial charge >= 0.3 is 6.18 Å². The summed E-state index contributed by atoms with van der Waals surface area (Å²) in [5.41, 5.74) is -1.64. The summed E-state index contributed by atoms with van der Waals surface area (Å²) in [5, 5.41) is 6.12. The summed E-state index contributed by atoms with van der Waals surface area (Å²) >= 11 is 5.83. The van der Waals surface area contributed by atoms with E-state index in [4.69, 9.17) is 11.6 Å². The highest BCUT2D eigenvalue weighted by atomic mass is 35.5. The minimum atomic E-state index is -4.56. The second kappa shape index (κ2) is 6.64. The Hall–Kier alpha value is -2.35. The molecular formula is C15H13ClF3N3O2. The Bertz CT molecular complexity index is 831. The zero-order chi connectivity index (χ0) is 18.1. The predicted molar refractivity (Wildman–Crippen MR) is 83.3 cm³/mol. The van der Waals surface area contributed by atoms with Crippen molar-refractivity contribution >= 4 is 23.2 Å². The monoisotopic (exact) mass is 359 g/mol. The molecule has 2 rings (SSSR count). The average Bonchev–Trinajstić information content (AvgIpc) is 2.48. The smallest absolute Gasteiger partial charge is 0.319 e. The molecule has 1 aromatic heterocycles. The largest absolute Gasteiger partial charge is 0.416 e. The fourth-order valence-corrected chi connectivity index (χ4v) is 2.06. The van der Waals surface area contributed by atoms with Gasteiger partial charge in [0, 0.05) is 6.07 Å². The molecular weight excluding hydrogens is 347 g/mol. The fraction of sp³-hybridized carbons (Fsp3) is 0.267. The first kappa shape index (κ1) is 18.0. The Balaban J connectivity index is 2.33. The summed E-state index contributed by atoms with van der Waals surface area (Å²) in [7, 11) is 0. The molecule has 0 aliphatic carbocycles. The van der Waals surface area contributed by atoms with E-state index >= 15 is 0 Å². The normalized spacial score (nSPS) is 11.6. The molecule has 0 aliphatic rings. The highest BCUT2D eigenvalue weighted by molar-refractivity contribution is 6.33. The van der Waals surface area contributed by atoms with Crippen LogP contribution in [0.1, 0.15) is 35.9 Å². The zero-order valence-electron chi connectivity index (χ0n) is 12.7. The van der Waals surface area contributed by atoms with Crippen LogP contribution in [-0.2, 0) is 6.18 Å². The van der Waals surface area contributed by atoms with Crippen LogP contribution in [0, 0.1) is 0 Å². The Kier molecular flexibility index (Phi) is 4.98. The number of carbonyl (C=O) groups excluding carboxylic acids is 1. The van der Waals surface area contributed by atoms with Crippen molar-refractivity contribution in [2.24, 2.45) is 0 Å². The summed E-state index contributed by atoms with van der Waals surface area (Å²) in [6.07, 6.45) is -4.56. The topological polar surface area (TPSA) is 64.0 Å². The van der Waals surface area contributed by atoms with Crippen LogP contribution in [0.4, 0.5) is 18.9 Å². The van der Waals surface area contributed by atoms with Crippen molar-refractivity contribution in [3.05, 3.63) is 57.0 Å². The second-order valence-electron chi connectivity index (χ2n) is 5.24.